The molecule has 12 heteroatoms. The van der Waals surface area contributed by atoms with Gasteiger partial charge >= 0.3 is 6.18 Å². The molecule has 5 rings (SSSR count). The van der Waals surface area contributed by atoms with Crippen molar-refractivity contribution in [1.82, 2.24) is 14.1 Å². The number of nitrogens with zero attached hydrogens (tertiary/aromatic N) is 3. The smallest absolute Gasteiger partial charge is 0.357 e. The first-order chi connectivity index (χ1) is 15.1. The van der Waals surface area contributed by atoms with Crippen molar-refractivity contribution in [2.24, 2.45) is 5.73 Å². The molecule has 1 unspecified atom stereocenters. The maximum absolute atomic E-state index is 14.2. The minimum atomic E-state index is -4.74. The Morgan fingerprint density at radius 2 is 1.94 bits per heavy atom. The molecule has 3 aliphatic rings. The van der Waals surface area contributed by atoms with Gasteiger partial charge in [0.05, 0.1) is 10.9 Å². The van der Waals surface area contributed by atoms with E-state index in [2.05, 4.69) is 5.10 Å². The zero-order valence-corrected chi connectivity index (χ0v) is 17.6. The molecule has 32 heavy (non-hydrogen) atoms. The lowest BCUT2D eigenvalue weighted by molar-refractivity contribution is -0.269. The molecular formula is C20H21F5N4O2S. The van der Waals surface area contributed by atoms with Crippen LogP contribution in [0.15, 0.2) is 24.4 Å². The zero-order chi connectivity index (χ0) is 22.8. The van der Waals surface area contributed by atoms with E-state index in [0.717, 1.165) is 31.0 Å². The van der Waals surface area contributed by atoms with Crippen LogP contribution in [0.4, 0.5) is 22.0 Å². The van der Waals surface area contributed by atoms with Gasteiger partial charge in [0.25, 0.3) is 0 Å². The first-order valence-electron chi connectivity index (χ1n) is 10.3. The fourth-order valence-corrected chi connectivity index (χ4v) is 5.70. The summed E-state index contributed by atoms with van der Waals surface area (Å²) in [6.07, 6.45) is -5.14. The predicted molar refractivity (Wildman–Crippen MR) is 104 cm³/mol. The molecular weight excluding hydrogens is 455 g/mol. The van der Waals surface area contributed by atoms with Crippen molar-refractivity contribution in [1.29, 1.82) is 0 Å². The van der Waals surface area contributed by atoms with Crippen molar-refractivity contribution < 1.29 is 30.9 Å². The summed E-state index contributed by atoms with van der Waals surface area (Å²) < 4.78 is 88.7. The summed E-state index contributed by atoms with van der Waals surface area (Å²) in [4.78, 5) is 1.58. The average molecular weight is 476 g/mol. The van der Waals surface area contributed by atoms with Crippen molar-refractivity contribution in [2.75, 3.05) is 0 Å². The summed E-state index contributed by atoms with van der Waals surface area (Å²) in [7, 11) is -1.26. The fourth-order valence-electron chi connectivity index (χ4n) is 4.45. The van der Waals surface area contributed by atoms with Crippen LogP contribution in [0.3, 0.4) is 0 Å². The number of hydrogen-bond donors (Lipinski definition) is 1. The second kappa shape index (κ2) is 7.86. The number of ether oxygens (including phenoxy) is 1. The topological polar surface area (TPSA) is 73.4 Å². The standard InChI is InChI=1S/C20H21F5N4O2S/c21-11-1-4-14(22)13(5-11)18-15(26)6-17(19(31-18)20(23,24)25)28-7-10-8-29(27-16(10)9-28)32(30)12-2-3-12/h1,4-5,8,12,15,17-19H,2-3,6-7,9,26H2/t15-,17+,18+,19-,32?/m0/s1. The predicted octanol–water partition coefficient (Wildman–Crippen LogP) is 2.94. The Balaban J connectivity index is 1.37. The van der Waals surface area contributed by atoms with E-state index in [0.29, 0.717) is 11.3 Å². The second-order valence-electron chi connectivity index (χ2n) is 8.54. The molecule has 1 saturated carbocycles. The normalized spacial score (nSPS) is 29.8. The minimum Gasteiger partial charge on any atom is -0.357 e. The number of alkyl halides is 3. The molecule has 2 aliphatic heterocycles. The maximum atomic E-state index is 14.2. The van der Waals surface area contributed by atoms with E-state index in [1.165, 1.54) is 4.09 Å². The van der Waals surface area contributed by atoms with Crippen LogP contribution in [-0.4, -0.2) is 47.9 Å². The maximum Gasteiger partial charge on any atom is 0.416 e. The van der Waals surface area contributed by atoms with Crippen molar-refractivity contribution in [3.63, 3.8) is 0 Å². The number of fused-ring (bicyclic) bond motifs is 1. The summed E-state index contributed by atoms with van der Waals surface area (Å²) in [6, 6.07) is 0.467. The van der Waals surface area contributed by atoms with Gasteiger partial charge < -0.3 is 10.5 Å². The van der Waals surface area contributed by atoms with Crippen LogP contribution < -0.4 is 5.73 Å². The van der Waals surface area contributed by atoms with E-state index in [4.69, 9.17) is 10.5 Å². The van der Waals surface area contributed by atoms with Gasteiger partial charge in [0.15, 0.2) is 6.10 Å². The molecule has 1 aromatic heterocycles. The second-order valence-corrected chi connectivity index (χ2v) is 10.1. The van der Waals surface area contributed by atoms with E-state index >= 15 is 0 Å². The number of rotatable bonds is 4. The van der Waals surface area contributed by atoms with Crippen LogP contribution in [0, 0.1) is 11.6 Å². The van der Waals surface area contributed by atoms with Crippen LogP contribution in [0.2, 0.25) is 0 Å². The van der Waals surface area contributed by atoms with Gasteiger partial charge in [0.2, 0.25) is 0 Å². The van der Waals surface area contributed by atoms with Gasteiger partial charge in [0, 0.05) is 42.5 Å². The molecule has 3 heterocycles. The largest absolute Gasteiger partial charge is 0.416 e. The van der Waals surface area contributed by atoms with Crippen molar-refractivity contribution in [3.05, 3.63) is 52.9 Å². The number of halogens is 5. The van der Waals surface area contributed by atoms with E-state index in [1.54, 1.807) is 11.1 Å². The third kappa shape index (κ3) is 3.97. The lowest BCUT2D eigenvalue weighted by atomic mass is 9.89. The van der Waals surface area contributed by atoms with E-state index in [9.17, 15) is 26.2 Å². The lowest BCUT2D eigenvalue weighted by Crippen LogP contribution is -2.58. The Labute approximate surface area is 183 Å². The summed E-state index contributed by atoms with van der Waals surface area (Å²) in [5, 5.41) is 4.41. The highest BCUT2D eigenvalue weighted by atomic mass is 32.2. The fraction of sp³-hybridized carbons (Fsp3) is 0.550. The third-order valence-corrected chi connectivity index (χ3v) is 7.78. The molecule has 174 valence electrons. The zero-order valence-electron chi connectivity index (χ0n) is 16.8. The Kier molecular flexibility index (Phi) is 5.38. The summed E-state index contributed by atoms with van der Waals surface area (Å²) in [5.41, 5.74) is 7.08. The molecule has 6 nitrogen and oxygen atoms in total. The highest BCUT2D eigenvalue weighted by Gasteiger charge is 2.54. The molecule has 0 amide bonds. The number of benzene rings is 1. The number of hydrogen-bond acceptors (Lipinski definition) is 5. The molecule has 0 bridgehead atoms. The van der Waals surface area contributed by atoms with Crippen molar-refractivity contribution >= 4 is 11.0 Å². The molecule has 1 aromatic carbocycles. The van der Waals surface area contributed by atoms with Crippen LogP contribution in [0.5, 0.6) is 0 Å². The molecule has 1 aliphatic carbocycles. The Morgan fingerprint density at radius 3 is 2.59 bits per heavy atom. The van der Waals surface area contributed by atoms with Gasteiger partial charge in [-0.15, -0.1) is 0 Å². The molecule has 2 N–H and O–H groups in total. The molecule has 0 radical (unpaired) electrons. The summed E-state index contributed by atoms with van der Waals surface area (Å²) in [6.45, 7) is 0.319. The Hall–Kier alpha value is -1.89. The van der Waals surface area contributed by atoms with Crippen LogP contribution in [0.1, 0.15) is 42.2 Å². The molecule has 5 atom stereocenters. The van der Waals surface area contributed by atoms with Gasteiger partial charge in [-0.2, -0.15) is 22.4 Å². The van der Waals surface area contributed by atoms with Gasteiger partial charge in [-0.05, 0) is 37.5 Å². The highest BCUT2D eigenvalue weighted by Crippen LogP contribution is 2.42. The van der Waals surface area contributed by atoms with Gasteiger partial charge in [-0.3, -0.25) is 4.90 Å². The third-order valence-electron chi connectivity index (χ3n) is 6.18. The molecule has 2 aromatic rings. The summed E-state index contributed by atoms with van der Waals surface area (Å²) in [5.74, 6) is -1.65. The quantitative estimate of drug-likeness (QED) is 0.687. The average Bonchev–Trinajstić information content (AvgIpc) is 3.38. The Morgan fingerprint density at radius 1 is 1.19 bits per heavy atom. The summed E-state index contributed by atoms with van der Waals surface area (Å²) >= 11 is 0. The van der Waals surface area contributed by atoms with Gasteiger partial charge in [-0.1, -0.05) is 0 Å². The minimum absolute atomic E-state index is 0.0886. The van der Waals surface area contributed by atoms with Crippen LogP contribution in [0.25, 0.3) is 0 Å². The molecule has 1 saturated heterocycles. The number of nitrogens with two attached hydrogens (primary N) is 1. The first-order valence-corrected chi connectivity index (χ1v) is 11.4. The van der Waals surface area contributed by atoms with Crippen molar-refractivity contribution in [3.8, 4) is 0 Å². The molecule has 2 fully saturated rings. The van der Waals surface area contributed by atoms with Crippen LogP contribution >= 0.6 is 0 Å². The monoisotopic (exact) mass is 476 g/mol. The Bertz CT molecular complexity index is 1030. The first kappa shape index (κ1) is 21.9. The van der Waals surface area contributed by atoms with E-state index in [1.807, 2.05) is 0 Å². The highest BCUT2D eigenvalue weighted by molar-refractivity contribution is 7.84. The SMILES string of the molecule is N[C@H]1C[C@@H](N2Cc3cn(S(=O)C4CC4)nc3C2)[C@@H](C(F)(F)F)O[C@@H]1c1cc(F)ccc1F. The van der Waals surface area contributed by atoms with Crippen LogP contribution in [-0.2, 0) is 28.8 Å². The lowest BCUT2D eigenvalue weighted by Gasteiger charge is -2.44. The van der Waals surface area contributed by atoms with E-state index in [-0.39, 0.29) is 30.3 Å². The van der Waals surface area contributed by atoms with Crippen molar-refractivity contribution in [2.45, 2.75) is 68.1 Å². The van der Waals surface area contributed by atoms with Gasteiger partial charge in [0.1, 0.15) is 28.7 Å². The van der Waals surface area contributed by atoms with E-state index < -0.39 is 53.1 Å². The van der Waals surface area contributed by atoms with Gasteiger partial charge in [-0.25, -0.2) is 13.0 Å². The molecule has 0 spiro atoms. The number of aromatic nitrogens is 2.